The van der Waals surface area contributed by atoms with Crippen LogP contribution < -0.4 is 9.47 Å². The number of carbonyl (C=O) groups excluding carboxylic acids is 2. The van der Waals surface area contributed by atoms with E-state index in [1.165, 1.54) is 11.8 Å². The fourth-order valence-electron chi connectivity index (χ4n) is 2.23. The van der Waals surface area contributed by atoms with Crippen molar-refractivity contribution in [1.82, 2.24) is 4.90 Å². The van der Waals surface area contributed by atoms with Gasteiger partial charge in [0.1, 0.15) is 0 Å². The topological polar surface area (TPSA) is 88.9 Å². The van der Waals surface area contributed by atoms with E-state index in [2.05, 4.69) is 0 Å². The second-order valence-corrected chi connectivity index (χ2v) is 5.49. The van der Waals surface area contributed by atoms with Gasteiger partial charge < -0.3 is 19.1 Å². The Labute approximate surface area is 148 Å². The van der Waals surface area contributed by atoms with Gasteiger partial charge in [0.05, 0.1) is 26.7 Å². The van der Waals surface area contributed by atoms with E-state index in [1.807, 2.05) is 12.1 Å². The monoisotopic (exact) mass is 348 g/mol. The number of carbonyl (C=O) groups is 2. The van der Waals surface area contributed by atoms with Crippen molar-refractivity contribution in [2.75, 3.05) is 27.8 Å². The third kappa shape index (κ3) is 6.34. The third-order valence-electron chi connectivity index (χ3n) is 3.66. The second-order valence-electron chi connectivity index (χ2n) is 5.49. The summed E-state index contributed by atoms with van der Waals surface area (Å²) in [7, 11) is 4.68. The number of likely N-dealkylation sites (N-methyl/N-ethyl adjacent to an activating group) is 1. The highest BCUT2D eigenvalue weighted by molar-refractivity contribution is 5.83. The van der Waals surface area contributed by atoms with E-state index in [-0.39, 0.29) is 18.7 Å². The molecule has 1 rings (SSSR count). The van der Waals surface area contributed by atoms with Crippen molar-refractivity contribution in [2.45, 2.75) is 32.3 Å². The van der Waals surface area contributed by atoms with Crippen molar-refractivity contribution in [3.05, 3.63) is 23.8 Å². The number of aryl methyl sites for hydroxylation is 1. The van der Waals surface area contributed by atoms with Crippen molar-refractivity contribution in [3.63, 3.8) is 0 Å². The summed E-state index contributed by atoms with van der Waals surface area (Å²) in [4.78, 5) is 25.4. The van der Waals surface area contributed by atoms with Crippen molar-refractivity contribution in [1.29, 1.82) is 5.26 Å². The van der Waals surface area contributed by atoms with Crippen molar-refractivity contribution in [2.24, 2.45) is 0 Å². The van der Waals surface area contributed by atoms with Crippen LogP contribution in [0.2, 0.25) is 0 Å². The average Bonchev–Trinajstić information content (AvgIpc) is 2.63. The lowest BCUT2D eigenvalue weighted by Gasteiger charge is -2.20. The number of amides is 1. The van der Waals surface area contributed by atoms with Crippen LogP contribution in [0.4, 0.5) is 0 Å². The molecule has 0 N–H and O–H groups in total. The predicted molar refractivity (Wildman–Crippen MR) is 91.3 cm³/mol. The van der Waals surface area contributed by atoms with Gasteiger partial charge in [-0.1, -0.05) is 6.07 Å². The van der Waals surface area contributed by atoms with Crippen molar-refractivity contribution >= 4 is 11.9 Å². The zero-order chi connectivity index (χ0) is 18.8. The molecule has 0 spiro atoms. The number of benzene rings is 1. The number of rotatable bonds is 9. The molecule has 0 aromatic heterocycles. The van der Waals surface area contributed by atoms with Crippen LogP contribution >= 0.6 is 0 Å². The van der Waals surface area contributed by atoms with Gasteiger partial charge in [-0.2, -0.15) is 5.26 Å². The maximum atomic E-state index is 12.0. The van der Waals surface area contributed by atoms with Crippen molar-refractivity contribution in [3.8, 4) is 17.6 Å². The van der Waals surface area contributed by atoms with Crippen LogP contribution in [0.3, 0.4) is 0 Å². The Hall–Kier alpha value is -2.75. The number of hydrogen-bond donors (Lipinski definition) is 0. The summed E-state index contributed by atoms with van der Waals surface area (Å²) in [5, 5.41) is 8.54. The van der Waals surface area contributed by atoms with Gasteiger partial charge in [-0.15, -0.1) is 0 Å². The van der Waals surface area contributed by atoms with Gasteiger partial charge in [-0.3, -0.25) is 9.59 Å². The first-order valence-electron chi connectivity index (χ1n) is 7.95. The molecule has 0 aliphatic rings. The zero-order valence-electron chi connectivity index (χ0n) is 15.1. The third-order valence-corrected chi connectivity index (χ3v) is 3.66. The molecule has 1 aromatic rings. The molecule has 0 heterocycles. The number of nitrogens with zero attached hydrogens (tertiary/aromatic N) is 2. The molecule has 1 atom stereocenters. The van der Waals surface area contributed by atoms with E-state index in [1.54, 1.807) is 33.4 Å². The lowest BCUT2D eigenvalue weighted by atomic mass is 10.1. The number of ether oxygens (including phenoxy) is 3. The van der Waals surface area contributed by atoms with Gasteiger partial charge >= 0.3 is 5.97 Å². The van der Waals surface area contributed by atoms with Gasteiger partial charge in [-0.25, -0.2) is 0 Å². The molecule has 0 fully saturated rings. The van der Waals surface area contributed by atoms with E-state index in [9.17, 15) is 9.59 Å². The first-order chi connectivity index (χ1) is 11.9. The quantitative estimate of drug-likeness (QED) is 0.634. The number of esters is 1. The normalized spacial score (nSPS) is 11.2. The van der Waals surface area contributed by atoms with Gasteiger partial charge in [0.2, 0.25) is 0 Å². The molecule has 1 aromatic carbocycles. The summed E-state index contributed by atoms with van der Waals surface area (Å²) >= 11 is 0. The minimum absolute atomic E-state index is 0.148. The van der Waals surface area contributed by atoms with Crippen LogP contribution in [0.5, 0.6) is 11.5 Å². The van der Waals surface area contributed by atoms with Crippen molar-refractivity contribution < 1.29 is 23.8 Å². The molecule has 0 saturated heterocycles. The number of nitriles is 1. The summed E-state index contributed by atoms with van der Waals surface area (Å²) < 4.78 is 15.6. The molecule has 7 nitrogen and oxygen atoms in total. The lowest BCUT2D eigenvalue weighted by Crippen LogP contribution is -2.37. The molecule has 0 radical (unpaired) electrons. The summed E-state index contributed by atoms with van der Waals surface area (Å²) in [6.45, 7) is 1.84. The van der Waals surface area contributed by atoms with E-state index in [0.29, 0.717) is 24.5 Å². The summed E-state index contributed by atoms with van der Waals surface area (Å²) in [6, 6.07) is 7.39. The maximum Gasteiger partial charge on any atom is 0.306 e. The lowest BCUT2D eigenvalue weighted by molar-refractivity contribution is -0.158. The van der Waals surface area contributed by atoms with E-state index >= 15 is 0 Å². The molecule has 0 saturated carbocycles. The number of methoxy groups -OCH3 is 2. The Morgan fingerprint density at radius 1 is 1.24 bits per heavy atom. The largest absolute Gasteiger partial charge is 0.493 e. The molecule has 0 unspecified atom stereocenters. The molecule has 7 heteroatoms. The first kappa shape index (κ1) is 20.3. The Morgan fingerprint density at radius 3 is 2.52 bits per heavy atom. The summed E-state index contributed by atoms with van der Waals surface area (Å²) in [6.07, 6.45) is -0.0247. The molecule has 0 aliphatic carbocycles. The average molecular weight is 348 g/mol. The maximum absolute atomic E-state index is 12.0. The van der Waals surface area contributed by atoms with Crippen LogP contribution in [0.15, 0.2) is 18.2 Å². The van der Waals surface area contributed by atoms with Gasteiger partial charge in [0.15, 0.2) is 17.6 Å². The van der Waals surface area contributed by atoms with E-state index in [0.717, 1.165) is 5.56 Å². The highest BCUT2D eigenvalue weighted by Gasteiger charge is 2.21. The number of hydrogen-bond acceptors (Lipinski definition) is 6. The standard InChI is InChI=1S/C18H24N2O5/c1-13(18(22)20(2)11-5-10-19)25-17(21)9-7-14-6-8-15(23-3)16(12-14)24-4/h6,8,12-13H,5,7,9,11H2,1-4H3/t13-/m0/s1. The van der Waals surface area contributed by atoms with Crippen LogP contribution in [0.25, 0.3) is 0 Å². The first-order valence-corrected chi connectivity index (χ1v) is 7.95. The van der Waals surface area contributed by atoms with E-state index in [4.69, 9.17) is 19.5 Å². The molecular weight excluding hydrogens is 324 g/mol. The molecule has 136 valence electrons. The SMILES string of the molecule is COc1ccc(CCC(=O)O[C@@H](C)C(=O)N(C)CCC#N)cc1OC. The predicted octanol–water partition coefficient (Wildman–Crippen LogP) is 1.94. The molecule has 1 amide bonds. The highest BCUT2D eigenvalue weighted by atomic mass is 16.5. The fraction of sp³-hybridized carbons (Fsp3) is 0.500. The van der Waals surface area contributed by atoms with Crippen LogP contribution in [-0.4, -0.2) is 50.7 Å². The minimum atomic E-state index is -0.874. The second kappa shape index (κ2) is 10.2. The Kier molecular flexibility index (Phi) is 8.27. The molecule has 0 bridgehead atoms. The van der Waals surface area contributed by atoms with E-state index < -0.39 is 12.1 Å². The summed E-state index contributed by atoms with van der Waals surface area (Å²) in [5.74, 6) is 0.434. The Balaban J connectivity index is 2.52. The smallest absolute Gasteiger partial charge is 0.306 e. The van der Waals surface area contributed by atoms with Crippen LogP contribution in [0.1, 0.15) is 25.3 Å². The molecule has 25 heavy (non-hydrogen) atoms. The molecule has 0 aliphatic heterocycles. The van der Waals surface area contributed by atoms with Crippen LogP contribution in [-0.2, 0) is 20.7 Å². The minimum Gasteiger partial charge on any atom is -0.493 e. The Morgan fingerprint density at radius 2 is 1.92 bits per heavy atom. The zero-order valence-corrected chi connectivity index (χ0v) is 15.1. The van der Waals surface area contributed by atoms with Gasteiger partial charge in [0.25, 0.3) is 5.91 Å². The van der Waals surface area contributed by atoms with Crippen LogP contribution in [0, 0.1) is 11.3 Å². The molecular formula is C18H24N2O5. The van der Waals surface area contributed by atoms with Gasteiger partial charge in [0, 0.05) is 20.0 Å². The Bertz CT molecular complexity index is 639. The van der Waals surface area contributed by atoms with Gasteiger partial charge in [-0.05, 0) is 31.0 Å². The summed E-state index contributed by atoms with van der Waals surface area (Å²) in [5.41, 5.74) is 0.903. The highest BCUT2D eigenvalue weighted by Crippen LogP contribution is 2.28. The fourth-order valence-corrected chi connectivity index (χ4v) is 2.23.